The Hall–Kier alpha value is -2.73. The summed E-state index contributed by atoms with van der Waals surface area (Å²) in [5.74, 6) is 0.252. The maximum absolute atomic E-state index is 12.2. The number of ether oxygens (including phenoxy) is 2. The predicted molar refractivity (Wildman–Crippen MR) is 104 cm³/mol. The van der Waals surface area contributed by atoms with Gasteiger partial charge in [-0.3, -0.25) is 20.4 Å². The molecule has 0 aromatic heterocycles. The number of carbonyl (C=O) groups is 2. The molecule has 0 saturated heterocycles. The van der Waals surface area contributed by atoms with Crippen molar-refractivity contribution in [2.24, 2.45) is 0 Å². The van der Waals surface area contributed by atoms with E-state index in [2.05, 4.69) is 17.8 Å². The lowest BCUT2D eigenvalue weighted by molar-refractivity contribution is -0.123. The van der Waals surface area contributed by atoms with Gasteiger partial charge < -0.3 is 9.47 Å². The number of hydrogen-bond acceptors (Lipinski definition) is 4. The van der Waals surface area contributed by atoms with Crippen LogP contribution in [0.15, 0.2) is 42.5 Å². The summed E-state index contributed by atoms with van der Waals surface area (Å²) >= 11 is 5.88. The zero-order chi connectivity index (χ0) is 19.6. The molecule has 7 heteroatoms. The van der Waals surface area contributed by atoms with Crippen LogP contribution in [-0.2, 0) is 4.79 Å². The van der Waals surface area contributed by atoms with Gasteiger partial charge >= 0.3 is 0 Å². The van der Waals surface area contributed by atoms with Gasteiger partial charge in [-0.1, -0.05) is 31.0 Å². The molecule has 0 aliphatic heterocycles. The first-order valence-corrected chi connectivity index (χ1v) is 9.08. The summed E-state index contributed by atoms with van der Waals surface area (Å²) in [5.41, 5.74) is 5.89. The van der Waals surface area contributed by atoms with E-state index in [4.69, 9.17) is 21.1 Å². The van der Waals surface area contributed by atoms with Crippen LogP contribution < -0.4 is 20.3 Å². The highest BCUT2D eigenvalue weighted by Crippen LogP contribution is 2.21. The van der Waals surface area contributed by atoms with Gasteiger partial charge in [0.2, 0.25) is 0 Å². The lowest BCUT2D eigenvalue weighted by Crippen LogP contribution is -2.43. The summed E-state index contributed by atoms with van der Waals surface area (Å²) in [4.78, 5) is 24.0. The minimum atomic E-state index is -0.479. The summed E-state index contributed by atoms with van der Waals surface area (Å²) in [6, 6.07) is 11.9. The number of halogens is 1. The van der Waals surface area contributed by atoms with E-state index in [9.17, 15) is 9.59 Å². The SMILES string of the molecule is CCCCOc1cccc(C(=O)NNC(=O)COc2ccc(Cl)cc2C)c1. The quantitative estimate of drug-likeness (QED) is 0.532. The molecule has 0 aliphatic carbocycles. The number of carbonyl (C=O) groups excluding carboxylic acids is 2. The van der Waals surface area contributed by atoms with Gasteiger partial charge in [-0.2, -0.15) is 0 Å². The zero-order valence-electron chi connectivity index (χ0n) is 15.4. The topological polar surface area (TPSA) is 76.7 Å². The average Bonchev–Trinajstić information content (AvgIpc) is 2.66. The van der Waals surface area contributed by atoms with Crippen molar-refractivity contribution < 1.29 is 19.1 Å². The number of unbranched alkanes of at least 4 members (excludes halogenated alkanes) is 1. The molecular formula is C20H23ClN2O4. The summed E-state index contributed by atoms with van der Waals surface area (Å²) < 4.78 is 11.0. The molecule has 0 heterocycles. The van der Waals surface area contributed by atoms with Crippen molar-refractivity contribution in [3.8, 4) is 11.5 Å². The smallest absolute Gasteiger partial charge is 0.276 e. The van der Waals surface area contributed by atoms with Crippen LogP contribution in [0.4, 0.5) is 0 Å². The molecule has 2 N–H and O–H groups in total. The van der Waals surface area contributed by atoms with Crippen LogP contribution in [0.25, 0.3) is 0 Å². The fraction of sp³-hybridized carbons (Fsp3) is 0.300. The summed E-state index contributed by atoms with van der Waals surface area (Å²) in [5, 5.41) is 0.595. The monoisotopic (exact) mass is 390 g/mol. The lowest BCUT2D eigenvalue weighted by atomic mass is 10.2. The lowest BCUT2D eigenvalue weighted by Gasteiger charge is -2.11. The summed E-state index contributed by atoms with van der Waals surface area (Å²) in [6.07, 6.45) is 1.98. The highest BCUT2D eigenvalue weighted by atomic mass is 35.5. The van der Waals surface area contributed by atoms with Gasteiger partial charge in [-0.15, -0.1) is 0 Å². The molecule has 27 heavy (non-hydrogen) atoms. The Morgan fingerprint density at radius 1 is 1.07 bits per heavy atom. The second kappa shape index (κ2) is 10.4. The number of hydrazine groups is 1. The van der Waals surface area contributed by atoms with E-state index in [1.54, 1.807) is 42.5 Å². The molecule has 0 unspecified atom stereocenters. The van der Waals surface area contributed by atoms with E-state index in [-0.39, 0.29) is 6.61 Å². The fourth-order valence-corrected chi connectivity index (χ4v) is 2.44. The van der Waals surface area contributed by atoms with E-state index < -0.39 is 11.8 Å². The van der Waals surface area contributed by atoms with E-state index in [1.165, 1.54) is 0 Å². The maximum Gasteiger partial charge on any atom is 0.276 e. The minimum absolute atomic E-state index is 0.233. The summed E-state index contributed by atoms with van der Waals surface area (Å²) in [6.45, 7) is 4.27. The molecule has 2 rings (SSSR count). The minimum Gasteiger partial charge on any atom is -0.494 e. The van der Waals surface area contributed by atoms with Crippen LogP contribution in [0.2, 0.25) is 5.02 Å². The highest BCUT2D eigenvalue weighted by molar-refractivity contribution is 6.30. The molecule has 0 fully saturated rings. The van der Waals surface area contributed by atoms with Crippen molar-refractivity contribution in [3.63, 3.8) is 0 Å². The van der Waals surface area contributed by atoms with E-state index in [0.29, 0.717) is 28.7 Å². The van der Waals surface area contributed by atoms with Crippen LogP contribution >= 0.6 is 11.6 Å². The Balaban J connectivity index is 1.80. The Morgan fingerprint density at radius 3 is 2.63 bits per heavy atom. The molecule has 0 saturated carbocycles. The number of amides is 2. The Kier molecular flexibility index (Phi) is 7.95. The Morgan fingerprint density at radius 2 is 1.89 bits per heavy atom. The van der Waals surface area contributed by atoms with Crippen molar-refractivity contribution >= 4 is 23.4 Å². The van der Waals surface area contributed by atoms with Crippen LogP contribution in [0.1, 0.15) is 35.7 Å². The fourth-order valence-electron chi connectivity index (χ4n) is 2.21. The van der Waals surface area contributed by atoms with E-state index in [1.807, 2.05) is 6.92 Å². The normalized spacial score (nSPS) is 10.2. The number of nitrogens with one attached hydrogen (secondary N) is 2. The van der Waals surface area contributed by atoms with Gasteiger partial charge in [0, 0.05) is 10.6 Å². The van der Waals surface area contributed by atoms with Crippen LogP contribution in [0, 0.1) is 6.92 Å². The van der Waals surface area contributed by atoms with Crippen molar-refractivity contribution in [1.29, 1.82) is 0 Å². The van der Waals surface area contributed by atoms with Crippen molar-refractivity contribution in [1.82, 2.24) is 10.9 Å². The number of rotatable bonds is 8. The first-order valence-electron chi connectivity index (χ1n) is 8.70. The molecule has 0 spiro atoms. The third-order valence-corrected chi connectivity index (χ3v) is 3.91. The maximum atomic E-state index is 12.2. The first kappa shape index (κ1) is 20.6. The van der Waals surface area contributed by atoms with Gasteiger partial charge in [-0.05, 0) is 55.3 Å². The van der Waals surface area contributed by atoms with Crippen molar-refractivity contribution in [2.75, 3.05) is 13.2 Å². The molecule has 2 amide bonds. The van der Waals surface area contributed by atoms with Crippen molar-refractivity contribution in [2.45, 2.75) is 26.7 Å². The molecule has 0 radical (unpaired) electrons. The Bertz CT molecular complexity index is 795. The third kappa shape index (κ3) is 6.83. The third-order valence-electron chi connectivity index (χ3n) is 3.67. The number of aryl methyl sites for hydroxylation is 1. The zero-order valence-corrected chi connectivity index (χ0v) is 16.1. The molecular weight excluding hydrogens is 368 g/mol. The van der Waals surface area contributed by atoms with Gasteiger partial charge in [-0.25, -0.2) is 0 Å². The molecule has 2 aromatic carbocycles. The average molecular weight is 391 g/mol. The van der Waals surface area contributed by atoms with E-state index in [0.717, 1.165) is 18.4 Å². The Labute approximate surface area is 163 Å². The molecule has 0 bridgehead atoms. The van der Waals surface area contributed by atoms with Crippen LogP contribution in [0.3, 0.4) is 0 Å². The van der Waals surface area contributed by atoms with Gasteiger partial charge in [0.15, 0.2) is 6.61 Å². The second-order valence-corrected chi connectivity index (χ2v) is 6.37. The molecule has 2 aromatic rings. The van der Waals surface area contributed by atoms with Crippen LogP contribution in [0.5, 0.6) is 11.5 Å². The summed E-state index contributed by atoms with van der Waals surface area (Å²) in [7, 11) is 0. The number of benzene rings is 2. The number of hydrogen-bond donors (Lipinski definition) is 2. The first-order chi connectivity index (χ1) is 13.0. The molecule has 0 aliphatic rings. The molecule has 144 valence electrons. The van der Waals surface area contributed by atoms with Gasteiger partial charge in [0.1, 0.15) is 11.5 Å². The standard InChI is InChI=1S/C20H23ClN2O4/c1-3-4-10-26-17-7-5-6-15(12-17)20(25)23-22-19(24)13-27-18-9-8-16(21)11-14(18)2/h5-9,11-12H,3-4,10,13H2,1-2H3,(H,22,24)(H,23,25). The highest BCUT2D eigenvalue weighted by Gasteiger charge is 2.10. The van der Waals surface area contributed by atoms with Crippen molar-refractivity contribution in [3.05, 3.63) is 58.6 Å². The predicted octanol–water partition coefficient (Wildman–Crippen LogP) is 3.67. The van der Waals surface area contributed by atoms with Gasteiger partial charge in [0.05, 0.1) is 6.61 Å². The molecule has 0 atom stereocenters. The van der Waals surface area contributed by atoms with E-state index >= 15 is 0 Å². The van der Waals surface area contributed by atoms with Crippen LogP contribution in [-0.4, -0.2) is 25.0 Å². The largest absolute Gasteiger partial charge is 0.494 e. The van der Waals surface area contributed by atoms with Gasteiger partial charge in [0.25, 0.3) is 11.8 Å². The second-order valence-electron chi connectivity index (χ2n) is 5.93. The molecule has 6 nitrogen and oxygen atoms in total.